The molecule has 0 bridgehead atoms. The van der Waals surface area contributed by atoms with Crippen LogP contribution in [-0.2, 0) is 14.4 Å². The van der Waals surface area contributed by atoms with Crippen molar-refractivity contribution in [2.75, 3.05) is 0 Å². The summed E-state index contributed by atoms with van der Waals surface area (Å²) in [5.41, 5.74) is 0. The molecule has 1 unspecified atom stereocenters. The minimum absolute atomic E-state index is 0.427. The summed E-state index contributed by atoms with van der Waals surface area (Å²) in [6, 6.07) is 0. The lowest BCUT2D eigenvalue weighted by atomic mass is 10.1. The lowest BCUT2D eigenvalue weighted by Gasteiger charge is -2.14. The standard InChI is InChI=1S/C12H27NO3S/c1-3-5-6-7-8-9-11-12(10-4-2)17(14,15)16-13/h12H,3-11,13H2,1-2H3. The van der Waals surface area contributed by atoms with Crippen molar-refractivity contribution >= 4 is 10.1 Å². The second-order valence-electron chi connectivity index (χ2n) is 4.56. The predicted molar refractivity (Wildman–Crippen MR) is 70.9 cm³/mol. The first-order valence-electron chi connectivity index (χ1n) is 6.70. The first-order chi connectivity index (χ1) is 8.08. The molecule has 2 N–H and O–H groups in total. The van der Waals surface area contributed by atoms with Crippen LogP contribution in [0.5, 0.6) is 0 Å². The van der Waals surface area contributed by atoms with E-state index in [1.165, 1.54) is 25.7 Å². The minimum atomic E-state index is -3.54. The van der Waals surface area contributed by atoms with Crippen LogP contribution in [0.15, 0.2) is 0 Å². The highest BCUT2D eigenvalue weighted by atomic mass is 32.2. The summed E-state index contributed by atoms with van der Waals surface area (Å²) in [6.45, 7) is 4.16. The Labute approximate surface area is 106 Å². The first-order valence-corrected chi connectivity index (χ1v) is 8.17. The molecule has 0 fully saturated rings. The Morgan fingerprint density at radius 2 is 1.53 bits per heavy atom. The smallest absolute Gasteiger partial charge is 0.198 e. The van der Waals surface area contributed by atoms with Gasteiger partial charge in [0.25, 0.3) is 10.1 Å². The maximum atomic E-state index is 11.5. The lowest BCUT2D eigenvalue weighted by molar-refractivity contribution is 0.320. The summed E-state index contributed by atoms with van der Waals surface area (Å²) in [4.78, 5) is 0. The quantitative estimate of drug-likeness (QED) is 0.460. The van der Waals surface area contributed by atoms with Gasteiger partial charge in [-0.3, -0.25) is 0 Å². The van der Waals surface area contributed by atoms with Gasteiger partial charge in [0.15, 0.2) is 0 Å². The summed E-state index contributed by atoms with van der Waals surface area (Å²) in [5.74, 6) is 4.82. The third-order valence-electron chi connectivity index (χ3n) is 3.03. The van der Waals surface area contributed by atoms with Gasteiger partial charge in [0.05, 0.1) is 5.25 Å². The van der Waals surface area contributed by atoms with Gasteiger partial charge in [-0.2, -0.15) is 18.6 Å². The van der Waals surface area contributed by atoms with Gasteiger partial charge in [0.2, 0.25) is 0 Å². The van der Waals surface area contributed by atoms with Crippen molar-refractivity contribution in [3.8, 4) is 0 Å². The molecule has 0 aliphatic rings. The van der Waals surface area contributed by atoms with E-state index in [1.807, 2.05) is 6.92 Å². The normalized spacial score (nSPS) is 13.8. The summed E-state index contributed by atoms with van der Waals surface area (Å²) in [6.07, 6.45) is 9.11. The van der Waals surface area contributed by atoms with Crippen LogP contribution in [0, 0.1) is 0 Å². The van der Waals surface area contributed by atoms with Gasteiger partial charge >= 0.3 is 0 Å². The second-order valence-corrected chi connectivity index (χ2v) is 6.40. The predicted octanol–water partition coefficient (Wildman–Crippen LogP) is 3.13. The Morgan fingerprint density at radius 1 is 0.941 bits per heavy atom. The van der Waals surface area contributed by atoms with Crippen LogP contribution in [0.1, 0.15) is 71.6 Å². The fraction of sp³-hybridized carbons (Fsp3) is 1.00. The van der Waals surface area contributed by atoms with Crippen molar-refractivity contribution in [3.05, 3.63) is 0 Å². The minimum Gasteiger partial charge on any atom is -0.198 e. The number of unbranched alkanes of at least 4 members (excludes halogenated alkanes) is 5. The van der Waals surface area contributed by atoms with Gasteiger partial charge in [-0.15, -0.1) is 0 Å². The molecule has 0 saturated heterocycles. The van der Waals surface area contributed by atoms with Gasteiger partial charge < -0.3 is 0 Å². The van der Waals surface area contributed by atoms with Crippen LogP contribution >= 0.6 is 0 Å². The van der Waals surface area contributed by atoms with Crippen LogP contribution in [-0.4, -0.2) is 13.7 Å². The van der Waals surface area contributed by atoms with Crippen molar-refractivity contribution in [1.82, 2.24) is 0 Å². The monoisotopic (exact) mass is 265 g/mol. The molecular formula is C12H27NO3S. The maximum absolute atomic E-state index is 11.5. The average molecular weight is 265 g/mol. The summed E-state index contributed by atoms with van der Waals surface area (Å²) in [7, 11) is -3.54. The third kappa shape index (κ3) is 7.73. The fourth-order valence-electron chi connectivity index (χ4n) is 1.99. The van der Waals surface area contributed by atoms with Crippen LogP contribution in [0.4, 0.5) is 0 Å². The molecule has 0 heterocycles. The molecule has 0 amide bonds. The average Bonchev–Trinajstić information content (AvgIpc) is 2.32. The van der Waals surface area contributed by atoms with E-state index < -0.39 is 15.4 Å². The van der Waals surface area contributed by atoms with E-state index in [-0.39, 0.29) is 0 Å². The van der Waals surface area contributed by atoms with Gasteiger partial charge in [-0.1, -0.05) is 58.8 Å². The molecule has 5 heteroatoms. The van der Waals surface area contributed by atoms with Crippen LogP contribution in [0.2, 0.25) is 0 Å². The first kappa shape index (κ1) is 16.9. The van der Waals surface area contributed by atoms with Crippen molar-refractivity contribution in [3.63, 3.8) is 0 Å². The van der Waals surface area contributed by atoms with E-state index in [1.54, 1.807) is 0 Å². The van der Waals surface area contributed by atoms with E-state index in [0.717, 1.165) is 19.3 Å². The van der Waals surface area contributed by atoms with E-state index in [2.05, 4.69) is 11.2 Å². The van der Waals surface area contributed by atoms with Crippen LogP contribution in [0.25, 0.3) is 0 Å². The summed E-state index contributed by atoms with van der Waals surface area (Å²) >= 11 is 0. The zero-order valence-corrected chi connectivity index (χ0v) is 12.0. The zero-order chi connectivity index (χ0) is 13.1. The molecule has 0 aliphatic carbocycles. The molecule has 104 valence electrons. The van der Waals surface area contributed by atoms with Crippen LogP contribution in [0.3, 0.4) is 0 Å². The highest BCUT2D eigenvalue weighted by Gasteiger charge is 2.24. The van der Waals surface area contributed by atoms with Crippen LogP contribution < -0.4 is 5.90 Å². The van der Waals surface area contributed by atoms with Gasteiger partial charge in [-0.25, -0.2) is 0 Å². The van der Waals surface area contributed by atoms with Gasteiger partial charge in [0, 0.05) is 0 Å². The van der Waals surface area contributed by atoms with Crippen molar-refractivity contribution in [1.29, 1.82) is 0 Å². The Kier molecular flexibility index (Phi) is 9.78. The number of rotatable bonds is 11. The zero-order valence-electron chi connectivity index (χ0n) is 11.2. The van der Waals surface area contributed by atoms with E-state index in [4.69, 9.17) is 5.90 Å². The summed E-state index contributed by atoms with van der Waals surface area (Å²) in [5, 5.41) is -0.427. The lowest BCUT2D eigenvalue weighted by Crippen LogP contribution is -2.26. The molecule has 0 aromatic carbocycles. The van der Waals surface area contributed by atoms with E-state index in [0.29, 0.717) is 12.8 Å². The molecule has 0 rings (SSSR count). The number of nitrogens with two attached hydrogens (primary N) is 1. The topological polar surface area (TPSA) is 69.4 Å². The molecule has 0 aromatic heterocycles. The molecule has 1 atom stereocenters. The molecule has 4 nitrogen and oxygen atoms in total. The van der Waals surface area contributed by atoms with Gasteiger partial charge in [-0.05, 0) is 12.8 Å². The highest BCUT2D eigenvalue weighted by Crippen LogP contribution is 2.18. The molecule has 17 heavy (non-hydrogen) atoms. The maximum Gasteiger partial charge on any atom is 0.285 e. The largest absolute Gasteiger partial charge is 0.285 e. The van der Waals surface area contributed by atoms with Crippen molar-refractivity contribution in [2.45, 2.75) is 76.9 Å². The molecule has 0 aliphatic heterocycles. The Bertz CT molecular complexity index is 265. The molecule has 0 spiro atoms. The fourth-order valence-corrected chi connectivity index (χ4v) is 3.12. The Balaban J connectivity index is 3.86. The third-order valence-corrected chi connectivity index (χ3v) is 4.59. The van der Waals surface area contributed by atoms with E-state index in [9.17, 15) is 8.42 Å². The molecular weight excluding hydrogens is 238 g/mol. The highest BCUT2D eigenvalue weighted by molar-refractivity contribution is 7.87. The van der Waals surface area contributed by atoms with E-state index >= 15 is 0 Å². The number of hydrogen-bond acceptors (Lipinski definition) is 4. The van der Waals surface area contributed by atoms with Crippen molar-refractivity contribution < 1.29 is 12.7 Å². The van der Waals surface area contributed by atoms with Crippen molar-refractivity contribution in [2.24, 2.45) is 5.90 Å². The molecule has 0 aromatic rings. The second kappa shape index (κ2) is 9.85. The Morgan fingerprint density at radius 3 is 2.06 bits per heavy atom. The summed E-state index contributed by atoms with van der Waals surface area (Å²) < 4.78 is 27.1. The Hall–Kier alpha value is -0.130. The molecule has 0 radical (unpaired) electrons. The number of hydrogen-bond donors (Lipinski definition) is 1. The molecule has 0 saturated carbocycles. The van der Waals surface area contributed by atoms with Gasteiger partial charge in [0.1, 0.15) is 0 Å². The SMILES string of the molecule is CCCCCCCCC(CCC)S(=O)(=O)ON.